The molecule has 2 bridgehead atoms. The number of fused-ring (bicyclic) bond motifs is 5. The monoisotopic (exact) mass is 627 g/mol. The zero-order chi connectivity index (χ0) is 31.1. The van der Waals surface area contributed by atoms with Gasteiger partial charge in [0.1, 0.15) is 11.7 Å². The summed E-state index contributed by atoms with van der Waals surface area (Å²) in [6, 6.07) is 10.3. The predicted molar refractivity (Wildman–Crippen MR) is 171 cm³/mol. The number of carbonyl (C=O) groups is 1. The van der Waals surface area contributed by atoms with Crippen molar-refractivity contribution in [3.05, 3.63) is 42.2 Å². The first kappa shape index (κ1) is 29.4. The predicted octanol–water partition coefficient (Wildman–Crippen LogP) is 5.21. The SMILES string of the molecule is CC(C)(C)OC(=O)N1CC2CCC1CN(c1nnc(-c3cnc(-c4ccc5cc(C#N)cnn45)cc3NC3CCOCC3)s1)C2. The Labute approximate surface area is 266 Å². The maximum Gasteiger partial charge on any atom is 0.410 e. The standard InChI is InChI=1S/C32H37N9O3S/c1-32(2,3)44-31(42)40-18-20-4-5-24(40)19-39(17-20)30-38-37-29(45-30)25-16-34-27(13-26(25)36-22-8-10-43-11-9-22)28-7-6-23-12-21(14-33)15-35-41(23)28/h6-7,12-13,15-16,20,22,24H,4-5,8-11,17-19H2,1-3H3,(H,34,36). The lowest BCUT2D eigenvalue weighted by Gasteiger charge is -2.36. The molecule has 2 unspecified atom stereocenters. The summed E-state index contributed by atoms with van der Waals surface area (Å²) in [6.07, 6.45) is 7.06. The van der Waals surface area contributed by atoms with E-state index in [1.807, 2.05) is 50.1 Å². The molecular formula is C32H37N9O3S. The van der Waals surface area contributed by atoms with Crippen molar-refractivity contribution in [2.45, 2.75) is 64.1 Å². The number of amides is 1. The number of piperidine rings is 1. The van der Waals surface area contributed by atoms with E-state index in [0.29, 0.717) is 24.6 Å². The van der Waals surface area contributed by atoms with Gasteiger partial charge in [-0.25, -0.2) is 9.31 Å². The number of aromatic nitrogens is 5. The maximum atomic E-state index is 13.0. The van der Waals surface area contributed by atoms with Crippen LogP contribution in [0, 0.1) is 17.2 Å². The van der Waals surface area contributed by atoms with E-state index in [2.05, 4.69) is 37.6 Å². The molecule has 234 valence electrons. The van der Waals surface area contributed by atoms with Crippen molar-refractivity contribution in [2.75, 3.05) is 43.1 Å². The van der Waals surface area contributed by atoms with Crippen LogP contribution >= 0.6 is 11.3 Å². The number of ether oxygens (including phenoxy) is 2. The summed E-state index contributed by atoms with van der Waals surface area (Å²) in [6.45, 7) is 9.41. The van der Waals surface area contributed by atoms with E-state index in [0.717, 1.165) is 83.7 Å². The van der Waals surface area contributed by atoms with Crippen molar-refractivity contribution >= 4 is 33.8 Å². The molecule has 1 amide bonds. The third-order valence-corrected chi connectivity index (χ3v) is 9.65. The minimum atomic E-state index is -0.525. The summed E-state index contributed by atoms with van der Waals surface area (Å²) in [4.78, 5) is 22.1. The second kappa shape index (κ2) is 11.9. The molecule has 0 aliphatic carbocycles. The number of hydrogen-bond acceptors (Lipinski definition) is 11. The molecule has 8 heterocycles. The molecule has 4 saturated heterocycles. The van der Waals surface area contributed by atoms with Gasteiger partial charge in [0.05, 0.1) is 40.3 Å². The molecule has 0 aromatic carbocycles. The van der Waals surface area contributed by atoms with Gasteiger partial charge in [0.2, 0.25) is 5.13 Å². The highest BCUT2D eigenvalue weighted by molar-refractivity contribution is 7.18. The van der Waals surface area contributed by atoms with Gasteiger partial charge in [0.15, 0.2) is 5.01 Å². The quantitative estimate of drug-likeness (QED) is 0.314. The van der Waals surface area contributed by atoms with Gasteiger partial charge in [-0.15, -0.1) is 10.2 Å². The molecule has 2 atom stereocenters. The van der Waals surface area contributed by atoms with Crippen molar-refractivity contribution in [2.24, 2.45) is 5.92 Å². The number of nitriles is 1. The number of hydrogen-bond donors (Lipinski definition) is 1. The zero-order valence-electron chi connectivity index (χ0n) is 25.8. The number of pyridine rings is 1. The topological polar surface area (TPSA) is 134 Å². The third-order valence-electron chi connectivity index (χ3n) is 8.63. The highest BCUT2D eigenvalue weighted by Crippen LogP contribution is 2.38. The van der Waals surface area contributed by atoms with Gasteiger partial charge in [-0.1, -0.05) is 11.3 Å². The Morgan fingerprint density at radius 1 is 1.09 bits per heavy atom. The number of anilines is 2. The Balaban J connectivity index is 1.18. The van der Waals surface area contributed by atoms with E-state index < -0.39 is 5.60 Å². The van der Waals surface area contributed by atoms with E-state index in [9.17, 15) is 10.1 Å². The Morgan fingerprint density at radius 2 is 1.93 bits per heavy atom. The molecule has 4 aliphatic rings. The Kier molecular flexibility index (Phi) is 7.79. The lowest BCUT2D eigenvalue weighted by Crippen LogP contribution is -2.49. The first-order chi connectivity index (χ1) is 21.7. The highest BCUT2D eigenvalue weighted by atomic mass is 32.1. The Hall–Kier alpha value is -4.28. The molecular weight excluding hydrogens is 590 g/mol. The summed E-state index contributed by atoms with van der Waals surface area (Å²) in [5.41, 5.74) is 4.25. The normalized spacial score (nSPS) is 20.7. The molecule has 8 rings (SSSR count). The molecule has 45 heavy (non-hydrogen) atoms. The Morgan fingerprint density at radius 3 is 2.73 bits per heavy atom. The van der Waals surface area contributed by atoms with Crippen LogP contribution in [0.3, 0.4) is 0 Å². The first-order valence-corrected chi connectivity index (χ1v) is 16.4. The van der Waals surface area contributed by atoms with Crippen LogP contribution < -0.4 is 10.2 Å². The fourth-order valence-corrected chi connectivity index (χ4v) is 7.32. The molecule has 4 fully saturated rings. The first-order valence-electron chi connectivity index (χ1n) is 15.5. The van der Waals surface area contributed by atoms with Crippen molar-refractivity contribution in [3.63, 3.8) is 0 Å². The van der Waals surface area contributed by atoms with Crippen LogP contribution in [-0.4, -0.2) is 86.3 Å². The molecule has 13 heteroatoms. The summed E-state index contributed by atoms with van der Waals surface area (Å²) < 4.78 is 13.1. The lowest BCUT2D eigenvalue weighted by atomic mass is 9.95. The smallest absolute Gasteiger partial charge is 0.410 e. The van der Waals surface area contributed by atoms with Crippen LogP contribution in [-0.2, 0) is 9.47 Å². The maximum absolute atomic E-state index is 13.0. The second-order valence-electron chi connectivity index (χ2n) is 13.1. The van der Waals surface area contributed by atoms with Crippen molar-refractivity contribution in [1.29, 1.82) is 5.26 Å². The third kappa shape index (κ3) is 6.17. The molecule has 0 saturated carbocycles. The van der Waals surface area contributed by atoms with Gasteiger partial charge < -0.3 is 24.6 Å². The van der Waals surface area contributed by atoms with Gasteiger partial charge in [0, 0.05) is 50.8 Å². The van der Waals surface area contributed by atoms with Gasteiger partial charge in [-0.3, -0.25) is 4.98 Å². The minimum absolute atomic E-state index is 0.0763. The van der Waals surface area contributed by atoms with E-state index >= 15 is 0 Å². The fourth-order valence-electron chi connectivity index (χ4n) is 6.44. The van der Waals surface area contributed by atoms with Crippen LogP contribution in [0.15, 0.2) is 36.7 Å². The lowest BCUT2D eigenvalue weighted by molar-refractivity contribution is 0.00809. The van der Waals surface area contributed by atoms with Crippen molar-refractivity contribution < 1.29 is 14.3 Å². The average molecular weight is 628 g/mol. The molecule has 4 aromatic heterocycles. The van der Waals surface area contributed by atoms with Crippen molar-refractivity contribution in [3.8, 4) is 28.0 Å². The summed E-state index contributed by atoms with van der Waals surface area (Å²) >= 11 is 1.56. The Bertz CT molecular complexity index is 1750. The van der Waals surface area contributed by atoms with Crippen LogP contribution in [0.25, 0.3) is 27.5 Å². The molecule has 1 N–H and O–H groups in total. The van der Waals surface area contributed by atoms with E-state index in [1.54, 1.807) is 22.0 Å². The summed E-state index contributed by atoms with van der Waals surface area (Å²) in [5.74, 6) is 0.352. The van der Waals surface area contributed by atoms with Gasteiger partial charge in [-0.2, -0.15) is 10.4 Å². The highest BCUT2D eigenvalue weighted by Gasteiger charge is 2.40. The van der Waals surface area contributed by atoms with E-state index in [-0.39, 0.29) is 18.2 Å². The second-order valence-corrected chi connectivity index (χ2v) is 14.0. The number of carbonyl (C=O) groups excluding carboxylic acids is 1. The van der Waals surface area contributed by atoms with Crippen molar-refractivity contribution in [1.82, 2.24) is 29.7 Å². The minimum Gasteiger partial charge on any atom is -0.444 e. The molecule has 4 aromatic rings. The number of nitrogens with zero attached hydrogens (tertiary/aromatic N) is 8. The van der Waals surface area contributed by atoms with Crippen LogP contribution in [0.4, 0.5) is 15.6 Å². The molecule has 4 aliphatic heterocycles. The van der Waals surface area contributed by atoms with Crippen LogP contribution in [0.2, 0.25) is 0 Å². The van der Waals surface area contributed by atoms with E-state index in [1.165, 1.54) is 0 Å². The summed E-state index contributed by atoms with van der Waals surface area (Å²) in [7, 11) is 0. The number of nitrogens with one attached hydrogen (secondary N) is 1. The van der Waals surface area contributed by atoms with Gasteiger partial charge in [-0.05, 0) is 76.6 Å². The van der Waals surface area contributed by atoms with Crippen LogP contribution in [0.5, 0.6) is 0 Å². The van der Waals surface area contributed by atoms with Gasteiger partial charge in [0.25, 0.3) is 0 Å². The molecule has 0 radical (unpaired) electrons. The number of rotatable bonds is 5. The van der Waals surface area contributed by atoms with Crippen LogP contribution in [0.1, 0.15) is 52.0 Å². The van der Waals surface area contributed by atoms with E-state index in [4.69, 9.17) is 14.5 Å². The molecule has 0 spiro atoms. The fraction of sp³-hybridized carbons (Fsp3) is 0.500. The average Bonchev–Trinajstić information content (AvgIpc) is 3.58. The zero-order valence-corrected chi connectivity index (χ0v) is 26.6. The van der Waals surface area contributed by atoms with Gasteiger partial charge >= 0.3 is 6.09 Å². The summed E-state index contributed by atoms with van der Waals surface area (Å²) in [5, 5.41) is 28.5. The molecule has 12 nitrogen and oxygen atoms in total. The largest absolute Gasteiger partial charge is 0.444 e.